The number of tetrazole rings is 1. The second-order valence-electron chi connectivity index (χ2n) is 5.47. The zero-order valence-corrected chi connectivity index (χ0v) is 14.6. The van der Waals surface area contributed by atoms with Crippen LogP contribution in [-0.2, 0) is 4.79 Å². The Hall–Kier alpha value is -2.29. The van der Waals surface area contributed by atoms with Crippen molar-refractivity contribution in [2.75, 3.05) is 19.6 Å². The van der Waals surface area contributed by atoms with Gasteiger partial charge in [-0.2, -0.15) is 0 Å². The molecular formula is C15H17BrN6O2. The summed E-state index contributed by atoms with van der Waals surface area (Å²) in [7, 11) is 0. The van der Waals surface area contributed by atoms with Crippen molar-refractivity contribution in [1.29, 1.82) is 0 Å². The van der Waals surface area contributed by atoms with E-state index in [0.29, 0.717) is 25.9 Å². The van der Waals surface area contributed by atoms with Gasteiger partial charge in [0.05, 0.1) is 5.69 Å². The average Bonchev–Trinajstić information content (AvgIpc) is 3.22. The normalized spacial score (nSPS) is 14.2. The summed E-state index contributed by atoms with van der Waals surface area (Å²) < 4.78 is 0.945. The van der Waals surface area contributed by atoms with Crippen LogP contribution in [0.15, 0.2) is 28.7 Å². The Morgan fingerprint density at radius 3 is 2.79 bits per heavy atom. The molecule has 0 saturated carbocycles. The van der Waals surface area contributed by atoms with Crippen molar-refractivity contribution in [3.05, 3.63) is 34.6 Å². The molecule has 1 aliphatic heterocycles. The molecule has 0 aliphatic carbocycles. The van der Waals surface area contributed by atoms with Crippen molar-refractivity contribution in [1.82, 2.24) is 30.4 Å². The maximum atomic E-state index is 12.0. The molecule has 126 valence electrons. The number of rotatable bonds is 6. The van der Waals surface area contributed by atoms with Crippen LogP contribution in [0.5, 0.6) is 0 Å². The van der Waals surface area contributed by atoms with Crippen molar-refractivity contribution in [2.45, 2.75) is 19.3 Å². The van der Waals surface area contributed by atoms with E-state index in [9.17, 15) is 9.59 Å². The molecule has 0 radical (unpaired) electrons. The highest BCUT2D eigenvalue weighted by atomic mass is 79.9. The summed E-state index contributed by atoms with van der Waals surface area (Å²) in [6.45, 7) is 1.95. The van der Waals surface area contributed by atoms with Gasteiger partial charge in [-0.25, -0.2) is 0 Å². The Labute approximate surface area is 147 Å². The number of aromatic nitrogens is 4. The molecule has 2 heterocycles. The highest BCUT2D eigenvalue weighted by Gasteiger charge is 2.19. The first kappa shape index (κ1) is 16.6. The highest BCUT2D eigenvalue weighted by molar-refractivity contribution is 9.10. The SMILES string of the molecule is O=C(NCCCN1CCCC1=O)c1nnn(-c2ccc(Br)cc2)n1. The Morgan fingerprint density at radius 1 is 1.29 bits per heavy atom. The standard InChI is InChI=1S/C15H17BrN6O2/c16-11-4-6-12(7-5-11)22-19-14(18-20-22)15(24)17-8-2-10-21-9-1-3-13(21)23/h4-7H,1-3,8-10H2,(H,17,24). The number of likely N-dealkylation sites (tertiary alicyclic amines) is 1. The third-order valence-corrected chi connectivity index (χ3v) is 4.26. The van der Waals surface area contributed by atoms with E-state index in [1.54, 1.807) is 0 Å². The van der Waals surface area contributed by atoms with Crippen LogP contribution in [0.2, 0.25) is 0 Å². The van der Waals surface area contributed by atoms with Gasteiger partial charge in [-0.1, -0.05) is 15.9 Å². The largest absolute Gasteiger partial charge is 0.349 e. The Morgan fingerprint density at radius 2 is 2.08 bits per heavy atom. The summed E-state index contributed by atoms with van der Waals surface area (Å²) in [6.07, 6.45) is 2.27. The number of nitrogens with one attached hydrogen (secondary N) is 1. The lowest BCUT2D eigenvalue weighted by Crippen LogP contribution is -2.31. The molecule has 1 fully saturated rings. The highest BCUT2D eigenvalue weighted by Crippen LogP contribution is 2.12. The van der Waals surface area contributed by atoms with Crippen LogP contribution in [-0.4, -0.2) is 56.6 Å². The number of benzene rings is 1. The molecule has 8 nitrogen and oxygen atoms in total. The molecule has 24 heavy (non-hydrogen) atoms. The van der Waals surface area contributed by atoms with E-state index < -0.39 is 0 Å². The first-order chi connectivity index (χ1) is 11.6. The minimum atomic E-state index is -0.369. The van der Waals surface area contributed by atoms with E-state index in [4.69, 9.17) is 0 Å². The molecule has 0 spiro atoms. The summed E-state index contributed by atoms with van der Waals surface area (Å²) in [5.41, 5.74) is 0.720. The van der Waals surface area contributed by atoms with Gasteiger partial charge in [-0.15, -0.1) is 15.0 Å². The number of carbonyl (C=O) groups is 2. The monoisotopic (exact) mass is 392 g/mol. The van der Waals surface area contributed by atoms with Crippen LogP contribution in [0.25, 0.3) is 5.69 Å². The maximum absolute atomic E-state index is 12.0. The van der Waals surface area contributed by atoms with E-state index >= 15 is 0 Å². The zero-order valence-electron chi connectivity index (χ0n) is 13.0. The summed E-state index contributed by atoms with van der Waals surface area (Å²) in [5, 5.41) is 14.5. The van der Waals surface area contributed by atoms with Crippen LogP contribution < -0.4 is 5.32 Å². The summed E-state index contributed by atoms with van der Waals surface area (Å²) >= 11 is 3.36. The van der Waals surface area contributed by atoms with E-state index in [1.165, 1.54) is 4.80 Å². The first-order valence-corrected chi connectivity index (χ1v) is 8.55. The first-order valence-electron chi connectivity index (χ1n) is 7.75. The van der Waals surface area contributed by atoms with Crippen LogP contribution in [0.3, 0.4) is 0 Å². The topological polar surface area (TPSA) is 93.0 Å². The van der Waals surface area contributed by atoms with Crippen molar-refractivity contribution >= 4 is 27.7 Å². The third kappa shape index (κ3) is 3.97. The van der Waals surface area contributed by atoms with Crippen molar-refractivity contribution in [3.63, 3.8) is 0 Å². The van der Waals surface area contributed by atoms with Crippen molar-refractivity contribution in [3.8, 4) is 5.69 Å². The predicted octanol–water partition coefficient (Wildman–Crippen LogP) is 1.17. The fourth-order valence-electron chi connectivity index (χ4n) is 2.48. The van der Waals surface area contributed by atoms with Crippen molar-refractivity contribution in [2.24, 2.45) is 0 Å². The molecule has 1 N–H and O–H groups in total. The van der Waals surface area contributed by atoms with Gasteiger partial charge in [0, 0.05) is 30.5 Å². The molecule has 1 aliphatic rings. The fraction of sp³-hybridized carbons (Fsp3) is 0.400. The van der Waals surface area contributed by atoms with Gasteiger partial charge < -0.3 is 10.2 Å². The second-order valence-corrected chi connectivity index (χ2v) is 6.39. The van der Waals surface area contributed by atoms with Gasteiger partial charge >= 0.3 is 0 Å². The second kappa shape index (κ2) is 7.52. The van der Waals surface area contributed by atoms with E-state index in [1.807, 2.05) is 29.2 Å². The molecule has 9 heteroatoms. The number of nitrogens with zero attached hydrogens (tertiary/aromatic N) is 5. The lowest BCUT2D eigenvalue weighted by atomic mass is 10.3. The number of carbonyl (C=O) groups excluding carboxylic acids is 2. The number of halogens is 1. The third-order valence-electron chi connectivity index (χ3n) is 3.74. The number of amides is 2. The van der Waals surface area contributed by atoms with Crippen LogP contribution in [0.4, 0.5) is 0 Å². The van der Waals surface area contributed by atoms with Crippen LogP contribution in [0.1, 0.15) is 29.9 Å². The van der Waals surface area contributed by atoms with Gasteiger partial charge in [-0.05, 0) is 42.3 Å². The molecule has 1 saturated heterocycles. The van der Waals surface area contributed by atoms with Crippen LogP contribution in [0, 0.1) is 0 Å². The van der Waals surface area contributed by atoms with Crippen LogP contribution >= 0.6 is 15.9 Å². The van der Waals surface area contributed by atoms with Gasteiger partial charge in [0.2, 0.25) is 5.91 Å². The van der Waals surface area contributed by atoms with Gasteiger partial charge in [0.15, 0.2) is 0 Å². The van der Waals surface area contributed by atoms with Gasteiger partial charge in [-0.3, -0.25) is 9.59 Å². The van der Waals surface area contributed by atoms with E-state index in [2.05, 4.69) is 36.7 Å². The van der Waals surface area contributed by atoms with Crippen molar-refractivity contribution < 1.29 is 9.59 Å². The molecular weight excluding hydrogens is 376 g/mol. The summed E-state index contributed by atoms with van der Waals surface area (Å²) in [6, 6.07) is 7.36. The molecule has 3 rings (SSSR count). The molecule has 0 atom stereocenters. The Bertz CT molecular complexity index is 730. The van der Waals surface area contributed by atoms with Gasteiger partial charge in [0.1, 0.15) is 0 Å². The van der Waals surface area contributed by atoms with Gasteiger partial charge in [0.25, 0.3) is 11.7 Å². The van der Waals surface area contributed by atoms with E-state index in [-0.39, 0.29) is 17.6 Å². The lowest BCUT2D eigenvalue weighted by Gasteiger charge is -2.14. The Balaban J connectivity index is 1.48. The minimum absolute atomic E-state index is 0.0233. The average molecular weight is 393 g/mol. The molecule has 0 unspecified atom stereocenters. The number of hydrogen-bond acceptors (Lipinski definition) is 5. The molecule has 0 bridgehead atoms. The molecule has 1 aromatic heterocycles. The molecule has 2 amide bonds. The molecule has 1 aromatic carbocycles. The zero-order chi connectivity index (χ0) is 16.9. The lowest BCUT2D eigenvalue weighted by molar-refractivity contribution is -0.127. The summed E-state index contributed by atoms with van der Waals surface area (Å²) in [4.78, 5) is 26.7. The van der Waals surface area contributed by atoms with E-state index in [0.717, 1.165) is 23.1 Å². The molecule has 2 aromatic rings. The maximum Gasteiger partial charge on any atom is 0.292 e. The summed E-state index contributed by atoms with van der Waals surface area (Å²) in [5.74, 6) is -0.151. The predicted molar refractivity (Wildman–Crippen MR) is 89.6 cm³/mol. The Kier molecular flexibility index (Phi) is 5.19. The smallest absolute Gasteiger partial charge is 0.292 e. The quantitative estimate of drug-likeness (QED) is 0.744. The fourth-order valence-corrected chi connectivity index (χ4v) is 2.74. The number of hydrogen-bond donors (Lipinski definition) is 1. The minimum Gasteiger partial charge on any atom is -0.349 e.